The van der Waals surface area contributed by atoms with E-state index in [0.717, 1.165) is 23.3 Å². The van der Waals surface area contributed by atoms with E-state index in [0.29, 0.717) is 22.8 Å². The Morgan fingerprint density at radius 2 is 1.90 bits per heavy atom. The molecule has 30 heavy (non-hydrogen) atoms. The Kier molecular flexibility index (Phi) is 6.51. The van der Waals surface area contributed by atoms with Gasteiger partial charge in [-0.3, -0.25) is 0 Å². The second kappa shape index (κ2) is 9.25. The number of hydrogen-bond donors (Lipinski definition) is 1. The third-order valence-corrected chi connectivity index (χ3v) is 4.21. The predicted molar refractivity (Wildman–Crippen MR) is 106 cm³/mol. The SMILES string of the molecule is CO/N=C(/c1ncc[nH]1)c1ccccc1CO/N=C(\C)c1cccc(C(F)(F)F)c1. The first kappa shape index (κ1) is 21.1. The van der Waals surface area contributed by atoms with Gasteiger partial charge < -0.3 is 14.7 Å². The van der Waals surface area contributed by atoms with Crippen LogP contribution >= 0.6 is 0 Å². The third-order valence-electron chi connectivity index (χ3n) is 4.21. The maximum Gasteiger partial charge on any atom is 0.416 e. The van der Waals surface area contributed by atoms with Gasteiger partial charge in [-0.05, 0) is 24.6 Å². The maximum atomic E-state index is 12.9. The smallest absolute Gasteiger partial charge is 0.399 e. The number of aromatic nitrogens is 2. The molecular weight excluding hydrogens is 397 g/mol. The summed E-state index contributed by atoms with van der Waals surface area (Å²) in [6.07, 6.45) is -1.15. The van der Waals surface area contributed by atoms with E-state index in [1.807, 2.05) is 24.3 Å². The molecule has 156 valence electrons. The van der Waals surface area contributed by atoms with Crippen molar-refractivity contribution in [3.05, 3.63) is 89.0 Å². The summed E-state index contributed by atoms with van der Waals surface area (Å²) in [5.74, 6) is 0.521. The lowest BCUT2D eigenvalue weighted by Crippen LogP contribution is -2.10. The van der Waals surface area contributed by atoms with Crippen LogP contribution in [0.2, 0.25) is 0 Å². The zero-order valence-electron chi connectivity index (χ0n) is 16.3. The Morgan fingerprint density at radius 1 is 1.10 bits per heavy atom. The van der Waals surface area contributed by atoms with E-state index in [-0.39, 0.29) is 6.61 Å². The Balaban J connectivity index is 1.80. The van der Waals surface area contributed by atoms with E-state index in [4.69, 9.17) is 9.68 Å². The van der Waals surface area contributed by atoms with Crippen molar-refractivity contribution in [3.63, 3.8) is 0 Å². The minimum absolute atomic E-state index is 0.0793. The molecule has 3 aromatic rings. The minimum Gasteiger partial charge on any atom is -0.399 e. The standard InChI is InChI=1S/C21H19F3N4O2/c1-14(15-7-5-8-17(12-15)21(22,23)24)27-30-13-16-6-3-4-9-18(16)19(28-29-2)20-25-10-11-26-20/h3-12H,13H2,1-2H3,(H,25,26)/b27-14+,28-19+. The number of rotatable bonds is 7. The third kappa shape index (κ3) is 5.05. The van der Waals surface area contributed by atoms with Gasteiger partial charge in [-0.2, -0.15) is 13.2 Å². The van der Waals surface area contributed by atoms with Gasteiger partial charge in [0.1, 0.15) is 13.7 Å². The number of benzene rings is 2. The predicted octanol–water partition coefficient (Wildman–Crippen LogP) is 4.77. The molecule has 0 saturated carbocycles. The molecule has 1 aromatic heterocycles. The average Bonchev–Trinajstić information content (AvgIpc) is 3.26. The number of H-pyrrole nitrogens is 1. The molecule has 0 amide bonds. The first-order valence-electron chi connectivity index (χ1n) is 8.93. The molecule has 0 aliphatic heterocycles. The van der Waals surface area contributed by atoms with E-state index >= 15 is 0 Å². The van der Waals surface area contributed by atoms with Gasteiger partial charge in [0, 0.05) is 23.5 Å². The fraction of sp³-hybridized carbons (Fsp3) is 0.190. The topological polar surface area (TPSA) is 71.9 Å². The summed E-state index contributed by atoms with van der Waals surface area (Å²) in [5.41, 5.74) is 1.89. The zero-order valence-corrected chi connectivity index (χ0v) is 16.3. The number of halogens is 3. The number of nitrogens with one attached hydrogen (secondary N) is 1. The first-order chi connectivity index (χ1) is 14.4. The van der Waals surface area contributed by atoms with E-state index in [9.17, 15) is 13.2 Å². The molecule has 0 unspecified atom stereocenters. The number of oxime groups is 2. The van der Waals surface area contributed by atoms with E-state index in [1.54, 1.807) is 25.4 Å². The van der Waals surface area contributed by atoms with E-state index in [2.05, 4.69) is 20.3 Å². The fourth-order valence-corrected chi connectivity index (χ4v) is 2.76. The van der Waals surface area contributed by atoms with Gasteiger partial charge >= 0.3 is 6.18 Å². The van der Waals surface area contributed by atoms with Crippen molar-refractivity contribution < 1.29 is 22.8 Å². The largest absolute Gasteiger partial charge is 0.416 e. The van der Waals surface area contributed by atoms with Crippen LogP contribution in [0.25, 0.3) is 0 Å². The normalized spacial score (nSPS) is 12.7. The second-order valence-corrected chi connectivity index (χ2v) is 6.25. The minimum atomic E-state index is -4.42. The average molecular weight is 416 g/mol. The molecule has 0 fully saturated rings. The highest BCUT2D eigenvalue weighted by molar-refractivity contribution is 6.11. The maximum absolute atomic E-state index is 12.9. The van der Waals surface area contributed by atoms with Crippen molar-refractivity contribution in [1.29, 1.82) is 0 Å². The lowest BCUT2D eigenvalue weighted by molar-refractivity contribution is -0.137. The molecule has 9 heteroatoms. The van der Waals surface area contributed by atoms with Crippen LogP contribution in [0.4, 0.5) is 13.2 Å². The van der Waals surface area contributed by atoms with E-state index < -0.39 is 11.7 Å². The van der Waals surface area contributed by atoms with Crippen LogP contribution in [0.15, 0.2) is 71.2 Å². The summed E-state index contributed by atoms with van der Waals surface area (Å²) in [5, 5.41) is 8.02. The van der Waals surface area contributed by atoms with Crippen LogP contribution in [-0.2, 0) is 22.5 Å². The molecule has 0 atom stereocenters. The van der Waals surface area contributed by atoms with Crippen molar-refractivity contribution in [1.82, 2.24) is 9.97 Å². The van der Waals surface area contributed by atoms with Gasteiger partial charge in [0.25, 0.3) is 0 Å². The van der Waals surface area contributed by atoms with Crippen molar-refractivity contribution >= 4 is 11.4 Å². The lowest BCUT2D eigenvalue weighted by atomic mass is 10.0. The second-order valence-electron chi connectivity index (χ2n) is 6.25. The van der Waals surface area contributed by atoms with Gasteiger partial charge in [0.15, 0.2) is 11.5 Å². The van der Waals surface area contributed by atoms with Crippen LogP contribution in [0.5, 0.6) is 0 Å². The number of nitrogens with zero attached hydrogens (tertiary/aromatic N) is 3. The van der Waals surface area contributed by atoms with Crippen LogP contribution in [0, 0.1) is 0 Å². The van der Waals surface area contributed by atoms with Crippen molar-refractivity contribution in [3.8, 4) is 0 Å². The van der Waals surface area contributed by atoms with Gasteiger partial charge in [0.2, 0.25) is 0 Å². The highest BCUT2D eigenvalue weighted by Gasteiger charge is 2.30. The molecule has 0 saturated heterocycles. The Morgan fingerprint density at radius 3 is 2.60 bits per heavy atom. The summed E-state index contributed by atoms with van der Waals surface area (Å²) in [7, 11) is 1.44. The van der Waals surface area contributed by atoms with Crippen LogP contribution in [0.1, 0.15) is 35.0 Å². The molecule has 3 rings (SSSR count). The highest BCUT2D eigenvalue weighted by Crippen LogP contribution is 2.29. The molecular formula is C21H19F3N4O2. The van der Waals surface area contributed by atoms with Crippen LogP contribution in [0.3, 0.4) is 0 Å². The Labute approximate surface area is 171 Å². The summed E-state index contributed by atoms with van der Waals surface area (Å²) >= 11 is 0. The fourth-order valence-electron chi connectivity index (χ4n) is 2.76. The number of aromatic amines is 1. The number of imidazole rings is 1. The Hall–Kier alpha value is -3.62. The molecule has 0 aliphatic carbocycles. The molecule has 6 nitrogen and oxygen atoms in total. The Bertz CT molecular complexity index is 1040. The summed E-state index contributed by atoms with van der Waals surface area (Å²) < 4.78 is 38.7. The molecule has 1 N–H and O–H groups in total. The first-order valence-corrected chi connectivity index (χ1v) is 8.93. The monoisotopic (exact) mass is 416 g/mol. The quantitative estimate of drug-likeness (QED) is 0.446. The molecule has 2 aromatic carbocycles. The van der Waals surface area contributed by atoms with Gasteiger partial charge in [-0.1, -0.05) is 46.7 Å². The van der Waals surface area contributed by atoms with E-state index in [1.165, 1.54) is 13.2 Å². The molecule has 0 spiro atoms. The van der Waals surface area contributed by atoms with Crippen molar-refractivity contribution in [2.24, 2.45) is 10.3 Å². The van der Waals surface area contributed by atoms with Crippen molar-refractivity contribution in [2.75, 3.05) is 7.11 Å². The van der Waals surface area contributed by atoms with Crippen molar-refractivity contribution in [2.45, 2.75) is 19.7 Å². The van der Waals surface area contributed by atoms with Crippen LogP contribution in [-0.4, -0.2) is 28.5 Å². The van der Waals surface area contributed by atoms with Gasteiger partial charge in [0.05, 0.1) is 11.3 Å². The molecule has 0 aliphatic rings. The van der Waals surface area contributed by atoms with Gasteiger partial charge in [-0.25, -0.2) is 4.98 Å². The molecule has 1 heterocycles. The zero-order chi connectivity index (χ0) is 21.6. The summed E-state index contributed by atoms with van der Waals surface area (Å²) in [6.45, 7) is 1.66. The lowest BCUT2D eigenvalue weighted by Gasteiger charge is -2.10. The summed E-state index contributed by atoms with van der Waals surface area (Å²) in [4.78, 5) is 17.6. The summed E-state index contributed by atoms with van der Waals surface area (Å²) in [6, 6.07) is 12.3. The highest BCUT2D eigenvalue weighted by atomic mass is 19.4. The molecule has 0 radical (unpaired) electrons. The number of alkyl halides is 3. The van der Waals surface area contributed by atoms with Crippen LogP contribution < -0.4 is 0 Å². The number of hydrogen-bond acceptors (Lipinski definition) is 5. The van der Waals surface area contributed by atoms with Gasteiger partial charge in [-0.15, -0.1) is 0 Å². The molecule has 0 bridgehead atoms.